The van der Waals surface area contributed by atoms with Crippen LogP contribution < -0.4 is 0 Å². The number of carbonyl (C=O) groups is 3. The van der Waals surface area contributed by atoms with Crippen LogP contribution in [-0.4, -0.2) is 83.3 Å². The van der Waals surface area contributed by atoms with Gasteiger partial charge in [-0.05, 0) is 25.7 Å². The maximum absolute atomic E-state index is 13.8. The van der Waals surface area contributed by atoms with Gasteiger partial charge in [-0.25, -0.2) is 0 Å². The molecule has 3 aliphatic rings. The van der Waals surface area contributed by atoms with Gasteiger partial charge in [0.1, 0.15) is 18.2 Å². The third-order valence-electron chi connectivity index (χ3n) is 6.90. The van der Waals surface area contributed by atoms with Crippen molar-refractivity contribution in [1.82, 2.24) is 9.80 Å². The molecule has 8 nitrogen and oxygen atoms in total. The van der Waals surface area contributed by atoms with Crippen molar-refractivity contribution in [3.05, 3.63) is 25.3 Å². The first kappa shape index (κ1) is 24.5. The van der Waals surface area contributed by atoms with Crippen molar-refractivity contribution in [2.24, 2.45) is 11.8 Å². The van der Waals surface area contributed by atoms with Gasteiger partial charge in [-0.3, -0.25) is 14.4 Å². The largest absolute Gasteiger partial charge is 0.461 e. The van der Waals surface area contributed by atoms with Crippen LogP contribution in [0.3, 0.4) is 0 Å². The van der Waals surface area contributed by atoms with Crippen LogP contribution in [0.5, 0.6) is 0 Å². The molecule has 8 heteroatoms. The molecular formula is C24H36N2O6. The summed E-state index contributed by atoms with van der Waals surface area (Å²) in [6, 6.07) is -0.810. The minimum absolute atomic E-state index is 0.0666. The van der Waals surface area contributed by atoms with E-state index >= 15 is 0 Å². The van der Waals surface area contributed by atoms with E-state index in [0.717, 1.165) is 19.3 Å². The number of rotatable bonds is 13. The number of fused-ring (bicyclic) bond motifs is 1. The van der Waals surface area contributed by atoms with Crippen LogP contribution in [0, 0.1) is 11.8 Å². The number of likely N-dealkylation sites (tertiary alicyclic amines) is 1. The quantitative estimate of drug-likeness (QED) is 0.262. The number of unbranched alkanes of at least 4 members (excludes halogenated alkanes) is 2. The highest BCUT2D eigenvalue weighted by atomic mass is 16.6. The molecular weight excluding hydrogens is 412 g/mol. The molecule has 0 aliphatic carbocycles. The van der Waals surface area contributed by atoms with Gasteiger partial charge < -0.3 is 24.4 Å². The maximum Gasteiger partial charge on any atom is 0.312 e. The molecule has 3 heterocycles. The highest BCUT2D eigenvalue weighted by Gasteiger charge is 2.74. The lowest BCUT2D eigenvalue weighted by atomic mass is 9.70. The van der Waals surface area contributed by atoms with Gasteiger partial charge in [0.2, 0.25) is 11.8 Å². The summed E-state index contributed by atoms with van der Waals surface area (Å²) in [4.78, 5) is 43.5. The summed E-state index contributed by atoms with van der Waals surface area (Å²) in [5.74, 6) is -2.37. The first-order chi connectivity index (χ1) is 15.5. The first-order valence-electron chi connectivity index (χ1n) is 11.7. The number of aliphatic hydroxyl groups excluding tert-OH is 1. The Balaban J connectivity index is 1.93. The van der Waals surface area contributed by atoms with Gasteiger partial charge in [0.25, 0.3) is 0 Å². The van der Waals surface area contributed by atoms with Crippen LogP contribution in [0.25, 0.3) is 0 Å². The Hall–Kier alpha value is -2.19. The van der Waals surface area contributed by atoms with Gasteiger partial charge in [0.05, 0.1) is 17.9 Å². The van der Waals surface area contributed by atoms with Gasteiger partial charge in [-0.2, -0.15) is 0 Å². The van der Waals surface area contributed by atoms with Crippen LogP contribution in [0.1, 0.15) is 45.4 Å². The molecule has 0 aromatic rings. The van der Waals surface area contributed by atoms with Crippen LogP contribution >= 0.6 is 0 Å². The lowest BCUT2D eigenvalue weighted by Gasteiger charge is -2.36. The summed E-state index contributed by atoms with van der Waals surface area (Å²) in [7, 11) is 0. The monoisotopic (exact) mass is 448 g/mol. The lowest BCUT2D eigenvalue weighted by molar-refractivity contribution is -0.154. The third-order valence-corrected chi connectivity index (χ3v) is 6.90. The first-order valence-corrected chi connectivity index (χ1v) is 11.7. The summed E-state index contributed by atoms with van der Waals surface area (Å²) in [5, 5.41) is 9.38. The minimum Gasteiger partial charge on any atom is -0.461 e. The number of amides is 2. The molecule has 3 aliphatic heterocycles. The molecule has 1 spiro atoms. The molecule has 2 unspecified atom stereocenters. The van der Waals surface area contributed by atoms with E-state index in [2.05, 4.69) is 20.1 Å². The molecule has 3 saturated heterocycles. The Bertz CT molecular complexity index is 740. The Labute approximate surface area is 190 Å². The number of esters is 1. The topological polar surface area (TPSA) is 96.4 Å². The van der Waals surface area contributed by atoms with E-state index in [4.69, 9.17) is 9.47 Å². The van der Waals surface area contributed by atoms with Crippen molar-refractivity contribution >= 4 is 17.8 Å². The zero-order valence-electron chi connectivity index (χ0n) is 19.0. The van der Waals surface area contributed by atoms with Crippen molar-refractivity contribution in [3.63, 3.8) is 0 Å². The average molecular weight is 449 g/mol. The van der Waals surface area contributed by atoms with Gasteiger partial charge in [-0.15, -0.1) is 6.58 Å². The van der Waals surface area contributed by atoms with E-state index in [-0.39, 0.29) is 31.6 Å². The fourth-order valence-electron chi connectivity index (χ4n) is 5.59. The molecule has 0 aromatic carbocycles. The number of ether oxygens (including phenoxy) is 2. The zero-order chi connectivity index (χ0) is 23.3. The standard InChI is InChI=1S/C24H36N2O6/c1-4-7-8-13-25(12-5-2)22(29)20-24-11-10-17(32-24)18(23(30)31-16-6-3)19(24)21(28)26(20)14-9-15-27/h5-6,17-20,27H,2-4,7-16H2,1H3/t17-,18+,19+,20?,24?/m1/s1. The molecule has 32 heavy (non-hydrogen) atoms. The summed E-state index contributed by atoms with van der Waals surface area (Å²) < 4.78 is 11.6. The Morgan fingerprint density at radius 3 is 2.75 bits per heavy atom. The van der Waals surface area contributed by atoms with Crippen molar-refractivity contribution in [2.75, 3.05) is 32.8 Å². The van der Waals surface area contributed by atoms with Gasteiger partial charge in [0.15, 0.2) is 0 Å². The van der Waals surface area contributed by atoms with Crippen LogP contribution in [0.4, 0.5) is 0 Å². The average Bonchev–Trinajstić information content (AvgIpc) is 3.42. The zero-order valence-corrected chi connectivity index (χ0v) is 19.0. The van der Waals surface area contributed by atoms with Crippen LogP contribution in [0.2, 0.25) is 0 Å². The molecule has 3 rings (SSSR count). The fourth-order valence-corrected chi connectivity index (χ4v) is 5.59. The predicted octanol–water partition coefficient (Wildman–Crippen LogP) is 1.68. The van der Waals surface area contributed by atoms with Crippen molar-refractivity contribution in [3.8, 4) is 0 Å². The molecule has 0 radical (unpaired) electrons. The summed E-state index contributed by atoms with van der Waals surface area (Å²) in [6.45, 7) is 10.6. The van der Waals surface area contributed by atoms with Gasteiger partial charge in [-0.1, -0.05) is 38.5 Å². The SMILES string of the molecule is C=CCOC(=O)[C@@H]1[C@H]2C(=O)N(CCCO)C(C(=O)N(CC=C)CCCCC)C23CC[C@H]1O3. The number of nitrogens with zero attached hydrogens (tertiary/aromatic N) is 2. The van der Waals surface area contributed by atoms with Crippen molar-refractivity contribution < 1.29 is 29.0 Å². The van der Waals surface area contributed by atoms with Gasteiger partial charge in [0, 0.05) is 26.2 Å². The van der Waals surface area contributed by atoms with Gasteiger partial charge >= 0.3 is 5.97 Å². The number of carbonyl (C=O) groups excluding carboxylic acids is 3. The second-order valence-electron chi connectivity index (χ2n) is 8.86. The Kier molecular flexibility index (Phi) is 8.11. The molecule has 0 aromatic heterocycles. The smallest absolute Gasteiger partial charge is 0.312 e. The second-order valence-corrected chi connectivity index (χ2v) is 8.86. The molecule has 0 saturated carbocycles. The van der Waals surface area contributed by atoms with E-state index in [1.54, 1.807) is 11.0 Å². The van der Waals surface area contributed by atoms with E-state index < -0.39 is 35.6 Å². The second kappa shape index (κ2) is 10.6. The lowest BCUT2D eigenvalue weighted by Crippen LogP contribution is -2.56. The molecule has 2 amide bonds. The molecule has 3 fully saturated rings. The van der Waals surface area contributed by atoms with Crippen LogP contribution in [-0.2, 0) is 23.9 Å². The highest BCUT2D eigenvalue weighted by Crippen LogP contribution is 2.58. The fraction of sp³-hybridized carbons (Fsp3) is 0.708. The Morgan fingerprint density at radius 1 is 1.31 bits per heavy atom. The Morgan fingerprint density at radius 2 is 2.09 bits per heavy atom. The molecule has 5 atom stereocenters. The molecule has 178 valence electrons. The summed E-state index contributed by atoms with van der Waals surface area (Å²) in [5.41, 5.74) is -1.03. The third kappa shape index (κ3) is 4.22. The van der Waals surface area contributed by atoms with Crippen molar-refractivity contribution in [2.45, 2.75) is 63.2 Å². The van der Waals surface area contributed by atoms with Crippen LogP contribution in [0.15, 0.2) is 25.3 Å². The highest BCUT2D eigenvalue weighted by molar-refractivity contribution is 5.98. The maximum atomic E-state index is 13.8. The number of hydrogen-bond acceptors (Lipinski definition) is 6. The van der Waals surface area contributed by atoms with E-state index in [0.29, 0.717) is 32.4 Å². The van der Waals surface area contributed by atoms with Crippen molar-refractivity contribution in [1.29, 1.82) is 0 Å². The summed E-state index contributed by atoms with van der Waals surface area (Å²) in [6.07, 6.45) is 7.15. The molecule has 1 N–H and O–H groups in total. The minimum atomic E-state index is -1.03. The summed E-state index contributed by atoms with van der Waals surface area (Å²) >= 11 is 0. The number of aliphatic hydroxyl groups is 1. The van der Waals surface area contributed by atoms with E-state index in [1.165, 1.54) is 11.0 Å². The van der Waals surface area contributed by atoms with E-state index in [1.807, 2.05) is 0 Å². The number of hydrogen-bond donors (Lipinski definition) is 1. The van der Waals surface area contributed by atoms with E-state index in [9.17, 15) is 19.5 Å². The predicted molar refractivity (Wildman–Crippen MR) is 118 cm³/mol. The normalized spacial score (nSPS) is 30.3. The molecule has 2 bridgehead atoms.